The molecule has 0 aliphatic carbocycles. The second-order valence-electron chi connectivity index (χ2n) is 4.71. The molecule has 0 saturated heterocycles. The second kappa shape index (κ2) is 6.21. The predicted molar refractivity (Wildman–Crippen MR) is 80.0 cm³/mol. The van der Waals surface area contributed by atoms with Crippen LogP contribution < -0.4 is 11.1 Å². The normalized spacial score (nSPS) is 10.3. The average molecular weight is 270 g/mol. The first-order valence-corrected chi connectivity index (χ1v) is 6.50. The molecule has 104 valence electrons. The van der Waals surface area contributed by atoms with Gasteiger partial charge < -0.3 is 16.2 Å². The van der Waals surface area contributed by atoms with Crippen LogP contribution in [-0.4, -0.2) is 17.6 Å². The van der Waals surface area contributed by atoms with Gasteiger partial charge in [0.1, 0.15) is 5.75 Å². The summed E-state index contributed by atoms with van der Waals surface area (Å²) in [5.74, 6) is -0.186. The maximum atomic E-state index is 12.1. The number of benzene rings is 2. The minimum atomic E-state index is -0.245. The maximum absolute atomic E-state index is 12.1. The number of carbonyl (C=O) groups excluding carboxylic acids is 1. The lowest BCUT2D eigenvalue weighted by Crippen LogP contribution is -2.12. The molecule has 4 N–H and O–H groups in total. The first-order valence-electron chi connectivity index (χ1n) is 6.50. The third-order valence-corrected chi connectivity index (χ3v) is 3.05. The molecule has 0 saturated carbocycles. The van der Waals surface area contributed by atoms with Crippen LogP contribution >= 0.6 is 0 Å². The summed E-state index contributed by atoms with van der Waals surface area (Å²) in [5.41, 5.74) is 8.52. The number of phenolic OH excluding ortho intramolecular Hbond substituents is 1. The number of hydrogen-bond donors (Lipinski definition) is 3. The van der Waals surface area contributed by atoms with Gasteiger partial charge in [-0.25, -0.2) is 0 Å². The fourth-order valence-corrected chi connectivity index (χ4v) is 1.93. The van der Waals surface area contributed by atoms with Crippen molar-refractivity contribution in [3.8, 4) is 5.75 Å². The Kier molecular flexibility index (Phi) is 4.38. The van der Waals surface area contributed by atoms with Crippen molar-refractivity contribution >= 4 is 11.6 Å². The van der Waals surface area contributed by atoms with E-state index in [9.17, 15) is 9.90 Å². The van der Waals surface area contributed by atoms with E-state index in [1.807, 2.05) is 19.1 Å². The van der Waals surface area contributed by atoms with Gasteiger partial charge in [-0.1, -0.05) is 18.2 Å². The molecule has 0 aromatic heterocycles. The van der Waals surface area contributed by atoms with E-state index in [1.54, 1.807) is 30.3 Å². The van der Waals surface area contributed by atoms with Gasteiger partial charge in [-0.2, -0.15) is 0 Å². The topological polar surface area (TPSA) is 75.3 Å². The number of phenols is 1. The molecule has 20 heavy (non-hydrogen) atoms. The molecule has 2 rings (SSSR count). The number of rotatable bonds is 4. The highest BCUT2D eigenvalue weighted by Crippen LogP contribution is 2.24. The van der Waals surface area contributed by atoms with Crippen molar-refractivity contribution in [1.29, 1.82) is 0 Å². The summed E-state index contributed by atoms with van der Waals surface area (Å²) < 4.78 is 0. The minimum Gasteiger partial charge on any atom is -0.506 e. The van der Waals surface area contributed by atoms with Crippen molar-refractivity contribution in [3.05, 3.63) is 59.2 Å². The summed E-state index contributed by atoms with van der Waals surface area (Å²) in [7, 11) is 0. The Morgan fingerprint density at radius 1 is 1.20 bits per heavy atom. The highest BCUT2D eigenvalue weighted by Gasteiger charge is 2.09. The molecule has 2 aromatic carbocycles. The van der Waals surface area contributed by atoms with E-state index in [0.717, 1.165) is 17.5 Å². The van der Waals surface area contributed by atoms with E-state index in [0.29, 0.717) is 17.8 Å². The second-order valence-corrected chi connectivity index (χ2v) is 4.71. The van der Waals surface area contributed by atoms with Crippen LogP contribution in [0.1, 0.15) is 21.5 Å². The van der Waals surface area contributed by atoms with Crippen molar-refractivity contribution < 1.29 is 9.90 Å². The van der Waals surface area contributed by atoms with Crippen molar-refractivity contribution in [2.45, 2.75) is 13.3 Å². The van der Waals surface area contributed by atoms with E-state index < -0.39 is 0 Å². The van der Waals surface area contributed by atoms with Crippen molar-refractivity contribution in [3.63, 3.8) is 0 Å². The van der Waals surface area contributed by atoms with Gasteiger partial charge in [-0.3, -0.25) is 4.79 Å². The van der Waals surface area contributed by atoms with Crippen molar-refractivity contribution in [1.82, 2.24) is 0 Å². The smallest absolute Gasteiger partial charge is 0.255 e. The number of amides is 1. The van der Waals surface area contributed by atoms with Gasteiger partial charge in [0.2, 0.25) is 0 Å². The Balaban J connectivity index is 2.13. The fraction of sp³-hybridized carbons (Fsp3) is 0.188. The third-order valence-electron chi connectivity index (χ3n) is 3.05. The van der Waals surface area contributed by atoms with E-state index in [2.05, 4.69) is 5.32 Å². The van der Waals surface area contributed by atoms with Gasteiger partial charge in [-0.05, 0) is 55.3 Å². The molecule has 4 heteroatoms. The quantitative estimate of drug-likeness (QED) is 0.747. The Hall–Kier alpha value is -2.33. The first kappa shape index (κ1) is 14.1. The van der Waals surface area contributed by atoms with Gasteiger partial charge in [-0.15, -0.1) is 0 Å². The van der Waals surface area contributed by atoms with Gasteiger partial charge in [0.25, 0.3) is 5.91 Å². The molecule has 0 aliphatic heterocycles. The summed E-state index contributed by atoms with van der Waals surface area (Å²) in [6, 6.07) is 12.4. The summed E-state index contributed by atoms with van der Waals surface area (Å²) in [6.07, 6.45) is 0.792. The van der Waals surface area contributed by atoms with Crippen LogP contribution in [0.5, 0.6) is 5.75 Å². The molecule has 0 radical (unpaired) electrons. The van der Waals surface area contributed by atoms with Crippen LogP contribution in [0.3, 0.4) is 0 Å². The van der Waals surface area contributed by atoms with E-state index in [1.165, 1.54) is 0 Å². The van der Waals surface area contributed by atoms with Gasteiger partial charge in [0.15, 0.2) is 0 Å². The number of aromatic hydroxyl groups is 1. The van der Waals surface area contributed by atoms with Gasteiger partial charge in [0.05, 0.1) is 5.69 Å². The van der Waals surface area contributed by atoms with Crippen LogP contribution in [0.15, 0.2) is 42.5 Å². The standard InChI is InChI=1S/C16H18N2O2/c1-11-2-7-15(19)14(10-11)18-16(20)13-5-3-12(4-6-13)8-9-17/h2-7,10,19H,8-9,17H2,1H3,(H,18,20). The van der Waals surface area contributed by atoms with Gasteiger partial charge >= 0.3 is 0 Å². The predicted octanol–water partition coefficient (Wildman–Crippen LogP) is 2.45. The first-order chi connectivity index (χ1) is 9.60. The third kappa shape index (κ3) is 3.36. The summed E-state index contributed by atoms with van der Waals surface area (Å²) in [5, 5.41) is 12.4. The Bertz CT molecular complexity index is 606. The molecular weight excluding hydrogens is 252 g/mol. The van der Waals surface area contributed by atoms with Crippen LogP contribution in [0, 0.1) is 6.92 Å². The van der Waals surface area contributed by atoms with Crippen molar-refractivity contribution in [2.24, 2.45) is 5.73 Å². The fourth-order valence-electron chi connectivity index (χ4n) is 1.93. The molecule has 0 spiro atoms. The van der Waals surface area contributed by atoms with Crippen LogP contribution in [0.2, 0.25) is 0 Å². The van der Waals surface area contributed by atoms with Crippen LogP contribution in [0.25, 0.3) is 0 Å². The molecule has 2 aromatic rings. The summed E-state index contributed by atoms with van der Waals surface area (Å²) in [6.45, 7) is 2.49. The minimum absolute atomic E-state index is 0.0590. The monoisotopic (exact) mass is 270 g/mol. The molecular formula is C16H18N2O2. The Labute approximate surface area is 118 Å². The zero-order valence-corrected chi connectivity index (χ0v) is 11.4. The average Bonchev–Trinajstić information content (AvgIpc) is 2.44. The number of nitrogens with two attached hydrogens (primary N) is 1. The SMILES string of the molecule is Cc1ccc(O)c(NC(=O)c2ccc(CCN)cc2)c1. The Morgan fingerprint density at radius 3 is 2.55 bits per heavy atom. The van der Waals surface area contributed by atoms with Gasteiger partial charge in [0, 0.05) is 5.56 Å². The molecule has 1 amide bonds. The lowest BCUT2D eigenvalue weighted by Gasteiger charge is -2.08. The molecule has 0 aliphatic rings. The van der Waals surface area contributed by atoms with E-state index in [4.69, 9.17) is 5.73 Å². The van der Waals surface area contributed by atoms with Crippen LogP contribution in [-0.2, 0) is 6.42 Å². The molecule has 0 fully saturated rings. The lowest BCUT2D eigenvalue weighted by molar-refractivity contribution is 0.102. The largest absolute Gasteiger partial charge is 0.506 e. The maximum Gasteiger partial charge on any atom is 0.255 e. The molecule has 0 atom stereocenters. The highest BCUT2D eigenvalue weighted by molar-refractivity contribution is 6.05. The van der Waals surface area contributed by atoms with E-state index >= 15 is 0 Å². The highest BCUT2D eigenvalue weighted by atomic mass is 16.3. The molecule has 0 bridgehead atoms. The molecule has 0 heterocycles. The summed E-state index contributed by atoms with van der Waals surface area (Å²) >= 11 is 0. The zero-order chi connectivity index (χ0) is 14.5. The number of hydrogen-bond acceptors (Lipinski definition) is 3. The lowest BCUT2D eigenvalue weighted by atomic mass is 10.1. The number of anilines is 1. The number of nitrogens with one attached hydrogen (secondary N) is 1. The molecule has 4 nitrogen and oxygen atoms in total. The Morgan fingerprint density at radius 2 is 1.90 bits per heavy atom. The molecule has 0 unspecified atom stereocenters. The van der Waals surface area contributed by atoms with Crippen LogP contribution in [0.4, 0.5) is 5.69 Å². The summed E-state index contributed by atoms with van der Waals surface area (Å²) in [4.78, 5) is 12.1. The number of aryl methyl sites for hydroxylation is 1. The number of carbonyl (C=O) groups is 1. The van der Waals surface area contributed by atoms with E-state index in [-0.39, 0.29) is 11.7 Å². The zero-order valence-electron chi connectivity index (χ0n) is 11.4. The van der Waals surface area contributed by atoms with Crippen molar-refractivity contribution in [2.75, 3.05) is 11.9 Å².